The topological polar surface area (TPSA) is 95.9 Å². The monoisotopic (exact) mass is 590 g/mol. The molecule has 1 aliphatic rings. The van der Waals surface area contributed by atoms with Crippen molar-refractivity contribution in [2.24, 2.45) is 0 Å². The lowest BCUT2D eigenvalue weighted by Gasteiger charge is -2.25. The van der Waals surface area contributed by atoms with Crippen molar-refractivity contribution in [2.45, 2.75) is 24.8 Å². The molecule has 210 valence electrons. The molecule has 1 heterocycles. The third-order valence-corrected chi connectivity index (χ3v) is 7.83. The lowest BCUT2D eigenvalue weighted by Crippen LogP contribution is -2.31. The number of nitrogens with zero attached hydrogens (tertiary/aromatic N) is 1. The van der Waals surface area contributed by atoms with E-state index in [1.807, 2.05) is 47.4 Å². The van der Waals surface area contributed by atoms with Gasteiger partial charge in [-0.1, -0.05) is 41.4 Å². The molecule has 0 saturated carbocycles. The molecule has 7 nitrogen and oxygen atoms in total. The fourth-order valence-corrected chi connectivity index (χ4v) is 5.86. The quantitative estimate of drug-likeness (QED) is 0.237. The van der Waals surface area contributed by atoms with E-state index in [-0.39, 0.29) is 30.8 Å². The summed E-state index contributed by atoms with van der Waals surface area (Å²) in [5.41, 5.74) is 2.79. The predicted molar refractivity (Wildman–Crippen MR) is 159 cm³/mol. The molecular weight excluding hydrogens is 563 g/mol. The average Bonchev–Trinajstić information content (AvgIpc) is 3.41. The summed E-state index contributed by atoms with van der Waals surface area (Å²) in [7, 11) is 1.64. The van der Waals surface area contributed by atoms with Gasteiger partial charge in [0, 0.05) is 40.2 Å². The van der Waals surface area contributed by atoms with Crippen LogP contribution in [0.3, 0.4) is 0 Å². The highest BCUT2D eigenvalue weighted by Gasteiger charge is 2.37. The summed E-state index contributed by atoms with van der Waals surface area (Å²) in [6.45, 7) is 0.496. The van der Waals surface area contributed by atoms with E-state index in [2.05, 4.69) is 11.4 Å². The van der Waals surface area contributed by atoms with Gasteiger partial charge >= 0.3 is 5.97 Å². The summed E-state index contributed by atoms with van der Waals surface area (Å²) in [6, 6.07) is 23.8. The highest BCUT2D eigenvalue weighted by atomic mass is 35.5. The smallest absolute Gasteiger partial charge is 0.305 e. The number of halogens is 2. The second-order valence-corrected chi connectivity index (χ2v) is 10.9. The van der Waals surface area contributed by atoms with Gasteiger partial charge in [-0.2, -0.15) is 0 Å². The van der Waals surface area contributed by atoms with Crippen LogP contribution in [-0.2, 0) is 4.79 Å². The second kappa shape index (κ2) is 12.2. The van der Waals surface area contributed by atoms with Crippen LogP contribution in [0, 0.1) is 0 Å². The van der Waals surface area contributed by atoms with Crippen LogP contribution in [0.15, 0.2) is 78.9 Å². The van der Waals surface area contributed by atoms with Crippen molar-refractivity contribution in [3.05, 3.63) is 111 Å². The molecule has 2 N–H and O–H groups in total. The van der Waals surface area contributed by atoms with Crippen molar-refractivity contribution in [2.75, 3.05) is 20.2 Å². The van der Waals surface area contributed by atoms with Crippen LogP contribution < -0.4 is 10.1 Å². The molecule has 0 bridgehead atoms. The first-order valence-corrected chi connectivity index (χ1v) is 13.9. The van der Waals surface area contributed by atoms with Crippen LogP contribution in [0.2, 0.25) is 10.0 Å². The number of carboxylic acids is 1. The number of aliphatic carboxylic acids is 1. The number of nitrogens with one attached hydrogen (secondary N) is 1. The zero-order valence-electron chi connectivity index (χ0n) is 22.3. The van der Waals surface area contributed by atoms with E-state index in [1.165, 1.54) is 0 Å². The van der Waals surface area contributed by atoms with Gasteiger partial charge in [-0.15, -0.1) is 0 Å². The Hall–Kier alpha value is -4.07. The standard InChI is InChI=1S/C32H28Cl2N2O5/c1-41-28-9-8-21-12-23(7-6-22(21)15-28)29-16-25(24-13-26(33)17-27(34)14-24)18-36(29)32(40)20-4-2-19(3-5-20)31(39)35-11-10-30(37)38/h2-9,12-15,17,25,29H,10-11,16,18H2,1H3,(H,35,39)(H,37,38). The minimum Gasteiger partial charge on any atom is -0.497 e. The Morgan fingerprint density at radius 2 is 1.54 bits per heavy atom. The van der Waals surface area contributed by atoms with E-state index in [4.69, 9.17) is 33.0 Å². The molecule has 41 heavy (non-hydrogen) atoms. The third kappa shape index (κ3) is 6.47. The molecule has 0 aliphatic carbocycles. The van der Waals surface area contributed by atoms with Gasteiger partial charge in [0.15, 0.2) is 0 Å². The number of carbonyl (C=O) groups is 3. The number of fused-ring (bicyclic) bond motifs is 1. The Balaban J connectivity index is 1.44. The van der Waals surface area contributed by atoms with Crippen molar-refractivity contribution in [1.82, 2.24) is 10.2 Å². The summed E-state index contributed by atoms with van der Waals surface area (Å²) >= 11 is 12.6. The van der Waals surface area contributed by atoms with Crippen molar-refractivity contribution in [3.63, 3.8) is 0 Å². The number of carboxylic acid groups (broad SMARTS) is 1. The SMILES string of the molecule is COc1ccc2cc(C3CC(c4cc(Cl)cc(Cl)c4)CN3C(=O)c3ccc(C(=O)NCCC(=O)O)cc3)ccc2c1. The van der Waals surface area contributed by atoms with Crippen LogP contribution in [-0.4, -0.2) is 48.0 Å². The van der Waals surface area contributed by atoms with Gasteiger partial charge in [0.25, 0.3) is 11.8 Å². The molecule has 4 aromatic carbocycles. The third-order valence-electron chi connectivity index (χ3n) is 7.39. The van der Waals surface area contributed by atoms with Gasteiger partial charge < -0.3 is 20.1 Å². The first kappa shape index (κ1) is 28.5. The highest BCUT2D eigenvalue weighted by Crippen LogP contribution is 2.43. The molecule has 0 spiro atoms. The normalized spacial score (nSPS) is 16.5. The maximum atomic E-state index is 13.9. The first-order chi connectivity index (χ1) is 19.7. The average molecular weight is 591 g/mol. The fraction of sp³-hybridized carbons (Fsp3) is 0.219. The molecule has 1 fully saturated rings. The Morgan fingerprint density at radius 1 is 0.878 bits per heavy atom. The number of carbonyl (C=O) groups excluding carboxylic acids is 2. The maximum absolute atomic E-state index is 13.9. The molecule has 2 atom stereocenters. The van der Waals surface area contributed by atoms with Crippen LogP contribution in [0.5, 0.6) is 5.75 Å². The van der Waals surface area contributed by atoms with Gasteiger partial charge in [0.1, 0.15) is 5.75 Å². The number of rotatable bonds is 8. The summed E-state index contributed by atoms with van der Waals surface area (Å²) < 4.78 is 5.36. The molecule has 2 amide bonds. The van der Waals surface area contributed by atoms with E-state index in [0.717, 1.165) is 27.6 Å². The first-order valence-electron chi connectivity index (χ1n) is 13.2. The molecule has 0 radical (unpaired) electrons. The number of hydrogen-bond acceptors (Lipinski definition) is 4. The molecule has 2 unspecified atom stereocenters. The summed E-state index contributed by atoms with van der Waals surface area (Å²) in [6.07, 6.45) is 0.522. The van der Waals surface area contributed by atoms with Gasteiger partial charge in [0.2, 0.25) is 0 Å². The molecule has 1 saturated heterocycles. The molecule has 4 aromatic rings. The molecular formula is C32H28Cl2N2O5. The van der Waals surface area contributed by atoms with Gasteiger partial charge in [0.05, 0.1) is 19.6 Å². The minimum absolute atomic E-state index is 0.0194. The number of likely N-dealkylation sites (tertiary alicyclic amines) is 1. The Kier molecular flexibility index (Phi) is 8.47. The van der Waals surface area contributed by atoms with Gasteiger partial charge in [-0.3, -0.25) is 14.4 Å². The van der Waals surface area contributed by atoms with Crippen molar-refractivity contribution in [3.8, 4) is 5.75 Å². The van der Waals surface area contributed by atoms with Crippen molar-refractivity contribution >= 4 is 51.8 Å². The Morgan fingerprint density at radius 3 is 2.22 bits per heavy atom. The number of benzene rings is 4. The Bertz CT molecular complexity index is 1600. The summed E-state index contributed by atoms with van der Waals surface area (Å²) in [4.78, 5) is 38.9. The summed E-state index contributed by atoms with van der Waals surface area (Å²) in [5, 5.41) is 14.5. The molecule has 1 aliphatic heterocycles. The number of methoxy groups -OCH3 is 1. The maximum Gasteiger partial charge on any atom is 0.305 e. The fourth-order valence-electron chi connectivity index (χ4n) is 5.32. The van der Waals surface area contributed by atoms with E-state index in [9.17, 15) is 14.4 Å². The van der Waals surface area contributed by atoms with Crippen LogP contribution in [0.1, 0.15) is 56.6 Å². The number of ether oxygens (including phenoxy) is 1. The second-order valence-electron chi connectivity index (χ2n) is 10.1. The molecule has 0 aromatic heterocycles. The zero-order valence-corrected chi connectivity index (χ0v) is 23.8. The minimum atomic E-state index is -0.990. The van der Waals surface area contributed by atoms with Gasteiger partial charge in [-0.25, -0.2) is 0 Å². The molecule has 9 heteroatoms. The highest BCUT2D eigenvalue weighted by molar-refractivity contribution is 6.34. The van der Waals surface area contributed by atoms with Crippen molar-refractivity contribution < 1.29 is 24.2 Å². The van der Waals surface area contributed by atoms with E-state index in [0.29, 0.717) is 34.1 Å². The van der Waals surface area contributed by atoms with Gasteiger partial charge in [-0.05, 0) is 89.0 Å². The lowest BCUT2D eigenvalue weighted by atomic mass is 9.93. The Labute approximate surface area is 247 Å². The molecule has 5 rings (SSSR count). The number of hydrogen-bond donors (Lipinski definition) is 2. The van der Waals surface area contributed by atoms with E-state index in [1.54, 1.807) is 37.4 Å². The predicted octanol–water partition coefficient (Wildman–Crippen LogP) is 6.73. The van der Waals surface area contributed by atoms with Crippen LogP contribution >= 0.6 is 23.2 Å². The zero-order chi connectivity index (χ0) is 29.1. The lowest BCUT2D eigenvalue weighted by molar-refractivity contribution is -0.136. The van der Waals surface area contributed by atoms with E-state index >= 15 is 0 Å². The van der Waals surface area contributed by atoms with Crippen molar-refractivity contribution in [1.29, 1.82) is 0 Å². The number of amides is 2. The largest absolute Gasteiger partial charge is 0.497 e. The van der Waals surface area contributed by atoms with E-state index < -0.39 is 11.9 Å². The van der Waals surface area contributed by atoms with Crippen LogP contribution in [0.25, 0.3) is 10.8 Å². The van der Waals surface area contributed by atoms with Crippen LogP contribution in [0.4, 0.5) is 0 Å². The summed E-state index contributed by atoms with van der Waals surface area (Å²) in [5.74, 6) is -0.741.